The van der Waals surface area contributed by atoms with E-state index in [-0.39, 0.29) is 22.6 Å². The molecule has 0 saturated carbocycles. The highest BCUT2D eigenvalue weighted by molar-refractivity contribution is 5.86. The minimum absolute atomic E-state index is 0.0260. The van der Waals surface area contributed by atoms with Crippen LogP contribution in [0.1, 0.15) is 52.0 Å². The molecule has 1 atom stereocenters. The Kier molecular flexibility index (Phi) is 5.50. The number of likely N-dealkylation sites (tertiary alicyclic amines) is 2. The summed E-state index contributed by atoms with van der Waals surface area (Å²) >= 11 is 0. The van der Waals surface area contributed by atoms with Crippen molar-refractivity contribution in [2.75, 3.05) is 26.7 Å². The summed E-state index contributed by atoms with van der Waals surface area (Å²) in [5, 5.41) is 0. The molecule has 2 amide bonds. The fraction of sp³-hybridized carbons (Fsp3) is 0.636. The molecule has 0 bridgehead atoms. The van der Waals surface area contributed by atoms with Crippen LogP contribution in [0, 0.1) is 10.8 Å². The van der Waals surface area contributed by atoms with Gasteiger partial charge >= 0.3 is 0 Å². The molecule has 1 aromatic carbocycles. The number of carbonyl (C=O) groups is 2. The summed E-state index contributed by atoms with van der Waals surface area (Å²) in [7, 11) is 1.65. The number of ether oxygens (including phenoxy) is 1. The first-order valence-corrected chi connectivity index (χ1v) is 9.93. The maximum absolute atomic E-state index is 13.3. The van der Waals surface area contributed by atoms with Crippen molar-refractivity contribution in [3.63, 3.8) is 0 Å². The van der Waals surface area contributed by atoms with E-state index in [0.29, 0.717) is 26.1 Å². The van der Waals surface area contributed by atoms with Crippen LogP contribution in [0.15, 0.2) is 24.3 Å². The quantitative estimate of drug-likeness (QED) is 0.813. The molecule has 148 valence electrons. The molecule has 2 aliphatic rings. The first-order chi connectivity index (χ1) is 12.7. The predicted octanol–water partition coefficient (Wildman–Crippen LogP) is 3.47. The van der Waals surface area contributed by atoms with Gasteiger partial charge in [-0.1, -0.05) is 32.9 Å². The fourth-order valence-electron chi connectivity index (χ4n) is 4.32. The number of hydrogen-bond acceptors (Lipinski definition) is 3. The monoisotopic (exact) mass is 372 g/mol. The third kappa shape index (κ3) is 4.45. The van der Waals surface area contributed by atoms with Gasteiger partial charge in [0.1, 0.15) is 5.75 Å². The standard InChI is InChI=1S/C22H32N2O3/c1-21(2,3)14-19(25)24-12-10-22(16-24)9-6-11-23(20(22)26)15-17-7-5-8-18(13-17)27-4/h5,7-8,13H,6,9-12,14-16H2,1-4H3/t22-/m0/s1. The van der Waals surface area contributed by atoms with Crippen LogP contribution in [0.4, 0.5) is 0 Å². The van der Waals surface area contributed by atoms with Crippen LogP contribution in [-0.2, 0) is 16.1 Å². The molecule has 0 N–H and O–H groups in total. The molecule has 0 radical (unpaired) electrons. The summed E-state index contributed by atoms with van der Waals surface area (Å²) in [5.74, 6) is 1.20. The van der Waals surface area contributed by atoms with Crippen LogP contribution in [0.3, 0.4) is 0 Å². The first kappa shape index (κ1) is 19.7. The molecule has 2 saturated heterocycles. The average Bonchev–Trinajstić information content (AvgIpc) is 3.03. The SMILES string of the molecule is COc1cccc(CN2CCC[C@@]3(CCN(C(=O)CC(C)(C)C)C3)C2=O)c1. The molecule has 0 aromatic heterocycles. The Morgan fingerprint density at radius 2 is 2.00 bits per heavy atom. The van der Waals surface area contributed by atoms with Crippen molar-refractivity contribution in [1.82, 2.24) is 9.80 Å². The van der Waals surface area contributed by atoms with Crippen LogP contribution >= 0.6 is 0 Å². The van der Waals surface area contributed by atoms with E-state index >= 15 is 0 Å². The van der Waals surface area contributed by atoms with Gasteiger partial charge in [-0.3, -0.25) is 9.59 Å². The number of benzene rings is 1. The summed E-state index contributed by atoms with van der Waals surface area (Å²) < 4.78 is 5.30. The molecule has 3 rings (SSSR count). The third-order valence-corrected chi connectivity index (χ3v) is 5.72. The first-order valence-electron chi connectivity index (χ1n) is 9.93. The molecule has 2 aliphatic heterocycles. The van der Waals surface area contributed by atoms with E-state index in [2.05, 4.69) is 20.8 Å². The lowest BCUT2D eigenvalue weighted by atomic mass is 9.78. The summed E-state index contributed by atoms with van der Waals surface area (Å²) in [6, 6.07) is 7.90. The predicted molar refractivity (Wildman–Crippen MR) is 105 cm³/mol. The van der Waals surface area contributed by atoms with Gasteiger partial charge in [-0.05, 0) is 42.4 Å². The molecule has 5 heteroatoms. The zero-order valence-electron chi connectivity index (χ0n) is 17.1. The van der Waals surface area contributed by atoms with Crippen LogP contribution in [-0.4, -0.2) is 48.4 Å². The second-order valence-corrected chi connectivity index (χ2v) is 9.26. The van der Waals surface area contributed by atoms with E-state index in [4.69, 9.17) is 4.74 Å². The molecule has 27 heavy (non-hydrogen) atoms. The maximum Gasteiger partial charge on any atom is 0.230 e. The largest absolute Gasteiger partial charge is 0.497 e. The molecule has 5 nitrogen and oxygen atoms in total. The van der Waals surface area contributed by atoms with Crippen molar-refractivity contribution in [3.05, 3.63) is 29.8 Å². The number of methoxy groups -OCH3 is 1. The minimum atomic E-state index is -0.384. The highest BCUT2D eigenvalue weighted by Crippen LogP contribution is 2.41. The van der Waals surface area contributed by atoms with Crippen LogP contribution in [0.2, 0.25) is 0 Å². The molecule has 0 aliphatic carbocycles. The van der Waals surface area contributed by atoms with Gasteiger partial charge in [-0.15, -0.1) is 0 Å². The number of nitrogens with zero attached hydrogens (tertiary/aromatic N) is 2. The van der Waals surface area contributed by atoms with Crippen molar-refractivity contribution in [2.24, 2.45) is 10.8 Å². The van der Waals surface area contributed by atoms with E-state index in [9.17, 15) is 9.59 Å². The summed E-state index contributed by atoms with van der Waals surface area (Å²) in [4.78, 5) is 29.8. The number of amides is 2. The topological polar surface area (TPSA) is 49.9 Å². The fourth-order valence-corrected chi connectivity index (χ4v) is 4.32. The van der Waals surface area contributed by atoms with Gasteiger partial charge in [0.25, 0.3) is 0 Å². The molecule has 1 spiro atoms. The zero-order chi connectivity index (χ0) is 19.7. The van der Waals surface area contributed by atoms with E-state index in [1.165, 1.54) is 0 Å². The summed E-state index contributed by atoms with van der Waals surface area (Å²) in [6.45, 7) is 8.92. The van der Waals surface area contributed by atoms with Crippen molar-refractivity contribution in [1.29, 1.82) is 0 Å². The Hall–Kier alpha value is -2.04. The van der Waals surface area contributed by atoms with Gasteiger partial charge in [0.2, 0.25) is 11.8 Å². The Morgan fingerprint density at radius 3 is 2.70 bits per heavy atom. The third-order valence-electron chi connectivity index (χ3n) is 5.72. The minimum Gasteiger partial charge on any atom is -0.497 e. The van der Waals surface area contributed by atoms with Crippen molar-refractivity contribution in [3.8, 4) is 5.75 Å². The Balaban J connectivity index is 1.68. The highest BCUT2D eigenvalue weighted by atomic mass is 16.5. The normalized spacial score (nSPS) is 23.2. The van der Waals surface area contributed by atoms with E-state index < -0.39 is 0 Å². The molecule has 2 heterocycles. The Bertz CT molecular complexity index is 710. The van der Waals surface area contributed by atoms with E-state index in [0.717, 1.165) is 37.1 Å². The van der Waals surface area contributed by atoms with Gasteiger partial charge in [0.15, 0.2) is 0 Å². The Labute approximate surface area is 162 Å². The molecular weight excluding hydrogens is 340 g/mol. The second-order valence-electron chi connectivity index (χ2n) is 9.26. The van der Waals surface area contributed by atoms with Crippen molar-refractivity contribution in [2.45, 2.75) is 53.0 Å². The van der Waals surface area contributed by atoms with Gasteiger partial charge in [0.05, 0.1) is 12.5 Å². The summed E-state index contributed by atoms with van der Waals surface area (Å²) in [6.07, 6.45) is 3.21. The molecular formula is C22H32N2O3. The molecule has 2 fully saturated rings. The zero-order valence-corrected chi connectivity index (χ0v) is 17.1. The highest BCUT2D eigenvalue weighted by Gasteiger charge is 2.49. The number of piperidine rings is 1. The average molecular weight is 373 g/mol. The van der Waals surface area contributed by atoms with E-state index in [1.807, 2.05) is 34.1 Å². The second kappa shape index (κ2) is 7.53. The molecule has 0 unspecified atom stereocenters. The van der Waals surface area contributed by atoms with Crippen molar-refractivity contribution < 1.29 is 14.3 Å². The smallest absolute Gasteiger partial charge is 0.230 e. The Morgan fingerprint density at radius 1 is 1.22 bits per heavy atom. The summed E-state index contributed by atoms with van der Waals surface area (Å²) in [5.41, 5.74) is 0.672. The van der Waals surface area contributed by atoms with Gasteiger partial charge < -0.3 is 14.5 Å². The van der Waals surface area contributed by atoms with Gasteiger partial charge in [-0.2, -0.15) is 0 Å². The van der Waals surface area contributed by atoms with Crippen LogP contribution < -0.4 is 4.74 Å². The number of carbonyl (C=O) groups excluding carboxylic acids is 2. The van der Waals surface area contributed by atoms with Gasteiger partial charge in [-0.25, -0.2) is 0 Å². The molecule has 1 aromatic rings. The lowest BCUT2D eigenvalue weighted by molar-refractivity contribution is -0.147. The van der Waals surface area contributed by atoms with Gasteiger partial charge in [0, 0.05) is 32.6 Å². The van der Waals surface area contributed by atoms with E-state index in [1.54, 1.807) is 7.11 Å². The number of rotatable bonds is 4. The lowest BCUT2D eigenvalue weighted by Crippen LogP contribution is -2.50. The van der Waals surface area contributed by atoms with Crippen molar-refractivity contribution >= 4 is 11.8 Å². The maximum atomic E-state index is 13.3. The van der Waals surface area contributed by atoms with Crippen LogP contribution in [0.5, 0.6) is 5.75 Å². The lowest BCUT2D eigenvalue weighted by Gasteiger charge is -2.39. The number of hydrogen-bond donors (Lipinski definition) is 0. The van der Waals surface area contributed by atoms with Crippen LogP contribution in [0.25, 0.3) is 0 Å².